The summed E-state index contributed by atoms with van der Waals surface area (Å²) in [5.74, 6) is 0. The van der Waals surface area contributed by atoms with E-state index in [2.05, 4.69) is 6.92 Å². The van der Waals surface area contributed by atoms with E-state index in [-0.39, 0.29) is 27.3 Å². The standard InChI is InChI=1S/C5H11NS2.C2H5.Cd/c1-3-6(4-2)5(7)8;1-2;/h3-4H2,1-2H3,(H,7,8);1H2,2H3;/q;-1;+2/p-1. The van der Waals surface area contributed by atoms with Crippen molar-refractivity contribution in [3.05, 3.63) is 6.92 Å². The van der Waals surface area contributed by atoms with Crippen LogP contribution >= 0.6 is 12.2 Å². The molecule has 0 amide bonds. The van der Waals surface area contributed by atoms with Gasteiger partial charge in [0.1, 0.15) is 0 Å². The van der Waals surface area contributed by atoms with Crippen LogP contribution in [0.2, 0.25) is 0 Å². The quantitative estimate of drug-likeness (QED) is 0.331. The molecule has 1 nitrogen and oxygen atoms in total. The summed E-state index contributed by atoms with van der Waals surface area (Å²) in [6.07, 6.45) is 0. The largest absolute Gasteiger partial charge is 2.00 e. The molecule has 0 fully saturated rings. The van der Waals surface area contributed by atoms with E-state index in [0.717, 1.165) is 13.1 Å². The minimum absolute atomic E-state index is 0. The number of thiocarbonyl (C=S) groups is 1. The van der Waals surface area contributed by atoms with E-state index >= 15 is 0 Å². The molecular formula is C7H15CdNS2. The maximum Gasteiger partial charge on any atom is 2.00 e. The van der Waals surface area contributed by atoms with Crippen molar-refractivity contribution in [3.63, 3.8) is 0 Å². The zero-order valence-electron chi connectivity index (χ0n) is 7.59. The average Bonchev–Trinajstić information content (AvgIpc) is 1.94. The molecule has 0 rings (SSSR count). The van der Waals surface area contributed by atoms with Crippen LogP contribution in [-0.4, -0.2) is 22.3 Å². The second-order valence-corrected chi connectivity index (χ2v) is 2.47. The Balaban J connectivity index is -0.000000196. The summed E-state index contributed by atoms with van der Waals surface area (Å²) in [4.78, 5) is 1.96. The molecule has 0 spiro atoms. The monoisotopic (exact) mass is 291 g/mol. The molecular weight excluding hydrogens is 275 g/mol. The molecule has 0 saturated carbocycles. The van der Waals surface area contributed by atoms with Gasteiger partial charge in [0.2, 0.25) is 0 Å². The van der Waals surface area contributed by atoms with Gasteiger partial charge in [0.25, 0.3) is 0 Å². The molecule has 11 heavy (non-hydrogen) atoms. The molecule has 0 bridgehead atoms. The maximum absolute atomic E-state index is 4.76. The van der Waals surface area contributed by atoms with Gasteiger partial charge in [0.15, 0.2) is 0 Å². The third-order valence-electron chi connectivity index (χ3n) is 1.02. The van der Waals surface area contributed by atoms with Gasteiger partial charge in [-0.3, -0.25) is 0 Å². The zero-order valence-corrected chi connectivity index (χ0v) is 13.3. The minimum Gasteiger partial charge on any atom is -0.411 e. The summed E-state index contributed by atoms with van der Waals surface area (Å²) >= 11 is 9.51. The summed E-state index contributed by atoms with van der Waals surface area (Å²) in [7, 11) is 0. The third kappa shape index (κ3) is 11.0. The molecule has 0 aliphatic carbocycles. The summed E-state index contributed by atoms with van der Waals surface area (Å²) in [5, 5.41) is 0. The Hall–Kier alpha value is 1.03. The molecule has 0 aromatic rings. The van der Waals surface area contributed by atoms with Crippen LogP contribution in [0.1, 0.15) is 20.8 Å². The first kappa shape index (κ1) is 18.0. The van der Waals surface area contributed by atoms with E-state index in [4.69, 9.17) is 24.8 Å². The molecule has 0 aromatic carbocycles. The van der Waals surface area contributed by atoms with Gasteiger partial charge < -0.3 is 36.7 Å². The van der Waals surface area contributed by atoms with Crippen molar-refractivity contribution in [2.75, 3.05) is 13.1 Å². The molecule has 4 heteroatoms. The average molecular weight is 290 g/mol. The SMILES string of the molecule is CCN(CC)C(=S)[S-].[CH2-]C.[Cd+2]. The Morgan fingerprint density at radius 2 is 1.64 bits per heavy atom. The van der Waals surface area contributed by atoms with Crippen LogP contribution in [0, 0.1) is 6.92 Å². The van der Waals surface area contributed by atoms with Gasteiger partial charge in [-0.15, -0.1) is 0 Å². The van der Waals surface area contributed by atoms with Gasteiger partial charge in [0.05, 0.1) is 0 Å². The molecule has 0 aliphatic heterocycles. The molecule has 0 heterocycles. The van der Waals surface area contributed by atoms with E-state index in [0.29, 0.717) is 4.32 Å². The molecule has 0 N–H and O–H groups in total. The summed E-state index contributed by atoms with van der Waals surface area (Å²) in [5.41, 5.74) is 0. The second kappa shape index (κ2) is 13.6. The first-order chi connectivity index (χ1) is 4.72. The van der Waals surface area contributed by atoms with E-state index in [1.807, 2.05) is 18.7 Å². The van der Waals surface area contributed by atoms with Crippen molar-refractivity contribution >= 4 is 29.2 Å². The van der Waals surface area contributed by atoms with Gasteiger partial charge in [-0.05, 0) is 13.8 Å². The maximum atomic E-state index is 4.76. The molecule has 0 saturated heterocycles. The van der Waals surface area contributed by atoms with Crippen molar-refractivity contribution in [3.8, 4) is 0 Å². The molecule has 0 unspecified atom stereocenters. The smallest absolute Gasteiger partial charge is 0.411 e. The van der Waals surface area contributed by atoms with Crippen LogP contribution in [0.4, 0.5) is 0 Å². The van der Waals surface area contributed by atoms with Gasteiger partial charge in [-0.2, -0.15) is 6.92 Å². The number of hydrogen-bond acceptors (Lipinski definition) is 2. The summed E-state index contributed by atoms with van der Waals surface area (Å²) < 4.78 is 0.579. The minimum atomic E-state index is 0. The third-order valence-corrected chi connectivity index (χ3v) is 1.54. The zero-order chi connectivity index (χ0) is 8.57. The van der Waals surface area contributed by atoms with Crippen molar-refractivity contribution < 1.29 is 27.3 Å². The first-order valence-corrected chi connectivity index (χ1v) is 4.20. The van der Waals surface area contributed by atoms with Gasteiger partial charge in [0, 0.05) is 13.1 Å². The number of hydrogen-bond donors (Lipinski definition) is 0. The normalized spacial score (nSPS) is 6.91. The van der Waals surface area contributed by atoms with E-state index in [1.165, 1.54) is 0 Å². The molecule has 0 atom stereocenters. The Kier molecular flexibility index (Phi) is 22.2. The Bertz CT molecular complexity index is 84.5. The molecule has 0 aromatic heterocycles. The van der Waals surface area contributed by atoms with Gasteiger partial charge in [-0.1, -0.05) is 4.32 Å². The Morgan fingerprint density at radius 1 is 1.36 bits per heavy atom. The van der Waals surface area contributed by atoms with Crippen LogP contribution in [0.3, 0.4) is 0 Å². The van der Waals surface area contributed by atoms with E-state index < -0.39 is 0 Å². The van der Waals surface area contributed by atoms with Crippen LogP contribution in [0.15, 0.2) is 0 Å². The summed E-state index contributed by atoms with van der Waals surface area (Å²) in [6, 6.07) is 0. The van der Waals surface area contributed by atoms with Crippen LogP contribution in [0.25, 0.3) is 0 Å². The van der Waals surface area contributed by atoms with Crippen molar-refractivity contribution in [2.45, 2.75) is 20.8 Å². The van der Waals surface area contributed by atoms with Crippen LogP contribution < -0.4 is 0 Å². The van der Waals surface area contributed by atoms with E-state index in [1.54, 1.807) is 6.92 Å². The molecule has 62 valence electrons. The fraction of sp³-hybridized carbons (Fsp3) is 0.714. The Morgan fingerprint density at radius 3 is 1.64 bits per heavy atom. The number of nitrogens with zero attached hydrogens (tertiary/aromatic N) is 1. The van der Waals surface area contributed by atoms with Gasteiger partial charge >= 0.3 is 27.3 Å². The number of rotatable bonds is 2. The topological polar surface area (TPSA) is 3.24 Å². The summed E-state index contributed by atoms with van der Waals surface area (Å²) in [6.45, 7) is 10.9. The predicted octanol–water partition coefficient (Wildman–Crippen LogP) is 2.00. The van der Waals surface area contributed by atoms with Crippen molar-refractivity contribution in [1.29, 1.82) is 0 Å². The predicted molar refractivity (Wildman–Crippen MR) is 53.9 cm³/mol. The Labute approximate surface area is 101 Å². The van der Waals surface area contributed by atoms with Crippen molar-refractivity contribution in [2.24, 2.45) is 0 Å². The van der Waals surface area contributed by atoms with Crippen molar-refractivity contribution in [1.82, 2.24) is 4.90 Å². The second-order valence-electron chi connectivity index (χ2n) is 1.44. The molecule has 0 radical (unpaired) electrons. The van der Waals surface area contributed by atoms with Crippen LogP contribution in [0.5, 0.6) is 0 Å². The van der Waals surface area contributed by atoms with Crippen LogP contribution in [-0.2, 0) is 39.9 Å². The van der Waals surface area contributed by atoms with Gasteiger partial charge in [-0.25, -0.2) is 0 Å². The molecule has 0 aliphatic rings. The first-order valence-electron chi connectivity index (χ1n) is 3.39. The van der Waals surface area contributed by atoms with E-state index in [9.17, 15) is 0 Å². The fourth-order valence-electron chi connectivity index (χ4n) is 0.482. The fourth-order valence-corrected chi connectivity index (χ4v) is 0.998.